The molecule has 0 radical (unpaired) electrons. The molecule has 1 spiro atoms. The van der Waals surface area contributed by atoms with Crippen molar-refractivity contribution in [3.8, 4) is 0 Å². The first-order valence-corrected chi connectivity index (χ1v) is 13.6. The molecule has 0 aromatic rings. The second-order valence-corrected chi connectivity index (χ2v) is 35.8. The van der Waals surface area contributed by atoms with E-state index in [1.807, 2.05) is 0 Å². The average Bonchev–Trinajstić information content (AvgIpc) is 3.20. The van der Waals surface area contributed by atoms with Gasteiger partial charge < -0.3 is 0 Å². The molecule has 10 aliphatic heterocycles. The zero-order valence-electron chi connectivity index (χ0n) is 11.7. The Labute approximate surface area is 93.2 Å². The van der Waals surface area contributed by atoms with Crippen molar-refractivity contribution in [2.75, 3.05) is 0 Å². The summed E-state index contributed by atoms with van der Waals surface area (Å²) >= 11 is 0. The van der Waals surface area contributed by atoms with Gasteiger partial charge in [-0.1, -0.05) is 0 Å². The molecule has 10 heterocycles. The molecular formula is C16H22Fe. The zero-order valence-corrected chi connectivity index (χ0v) is 12.8. The van der Waals surface area contributed by atoms with E-state index in [9.17, 15) is 0 Å². The van der Waals surface area contributed by atoms with Gasteiger partial charge in [0, 0.05) is 0 Å². The van der Waals surface area contributed by atoms with Crippen molar-refractivity contribution in [2.45, 2.75) is 86.7 Å². The zero-order chi connectivity index (χ0) is 11.6. The first-order valence-electron chi connectivity index (χ1n) is 7.69. The summed E-state index contributed by atoms with van der Waals surface area (Å²) < 4.78 is 5.88. The van der Waals surface area contributed by atoms with E-state index in [2.05, 4.69) is 41.5 Å². The first-order chi connectivity index (χ1) is 7.49. The van der Waals surface area contributed by atoms with Crippen LogP contribution in [0.15, 0.2) is 0 Å². The molecule has 1 heteroatoms. The molecule has 8 unspecified atom stereocenters. The van der Waals surface area contributed by atoms with E-state index >= 15 is 0 Å². The van der Waals surface area contributed by atoms with Crippen LogP contribution < -0.4 is 0 Å². The van der Waals surface area contributed by atoms with Gasteiger partial charge in [-0.15, -0.1) is 0 Å². The minimum atomic E-state index is -3.29. The first kappa shape index (κ1) is 6.80. The van der Waals surface area contributed by atoms with Gasteiger partial charge in [-0.25, -0.2) is 0 Å². The van der Waals surface area contributed by atoms with Gasteiger partial charge in [0.25, 0.3) is 0 Å². The SMILES string of the molecule is C[C]12[CH]3[C]4(C)[C]5(C)[CH]1[Fe]32451678[CH]2[CH]1[C]6(C)[C]7(C)[C]28C. The van der Waals surface area contributed by atoms with Crippen LogP contribution in [0.3, 0.4) is 0 Å². The molecule has 0 saturated carbocycles. The van der Waals surface area contributed by atoms with Crippen LogP contribution in [0.2, 0.25) is 45.1 Å². The van der Waals surface area contributed by atoms with Crippen LogP contribution in [0.1, 0.15) is 41.5 Å². The van der Waals surface area contributed by atoms with Gasteiger partial charge in [0.1, 0.15) is 0 Å². The Balaban J connectivity index is 1.97. The maximum absolute atomic E-state index is 3.29. The molecule has 0 bridgehead atoms. The third-order valence-electron chi connectivity index (χ3n) is 20.0. The van der Waals surface area contributed by atoms with E-state index in [1.54, 1.807) is 0 Å². The molecule has 0 aromatic heterocycles. The second kappa shape index (κ2) is 0.455. The Morgan fingerprint density at radius 3 is 1.06 bits per heavy atom. The molecular weight excluding hydrogens is 248 g/mol. The standard InChI is InChI=1S/2C8H11.Fe/c1-6-4-7(2)8(3)5-6;1-6-4-5-7(2)8(6)3;/h2*4-5H,1-3H3;. The van der Waals surface area contributed by atoms with Crippen molar-refractivity contribution in [3.05, 3.63) is 0 Å². The summed E-state index contributed by atoms with van der Waals surface area (Å²) in [6.45, 7) is 13.8. The fourth-order valence-corrected chi connectivity index (χ4v) is 117. The summed E-state index contributed by atoms with van der Waals surface area (Å²) in [4.78, 5) is 5.46. The predicted molar refractivity (Wildman–Crippen MR) is 65.2 cm³/mol. The maximum atomic E-state index is 2.85. The second-order valence-electron chi connectivity index (χ2n) is 12.3. The molecule has 17 heavy (non-hydrogen) atoms. The molecule has 0 aromatic carbocycles. The Bertz CT molecular complexity index is 1080. The fraction of sp³-hybridized carbons (Fsp3) is 1.00. The topological polar surface area (TPSA) is 0 Å². The van der Waals surface area contributed by atoms with Gasteiger partial charge in [0.2, 0.25) is 0 Å². The normalized spacial score (nSPS) is 141. The fourth-order valence-electron chi connectivity index (χ4n) is 25.0. The average molecular weight is 270 g/mol. The van der Waals surface area contributed by atoms with Crippen LogP contribution in [0.4, 0.5) is 0 Å². The Morgan fingerprint density at radius 1 is 0.647 bits per heavy atom. The molecule has 0 amide bonds. The molecule has 0 aliphatic carbocycles. The molecule has 10 aliphatic rings. The van der Waals surface area contributed by atoms with Gasteiger partial charge in [0.05, 0.1) is 0 Å². The molecule has 10 rings (SSSR count). The van der Waals surface area contributed by atoms with Gasteiger partial charge in [-0.3, -0.25) is 0 Å². The number of hydrogen-bond donors (Lipinski definition) is 0. The summed E-state index contributed by atoms with van der Waals surface area (Å²) in [7, 11) is 0. The summed E-state index contributed by atoms with van der Waals surface area (Å²) in [5, 5.41) is 0. The van der Waals surface area contributed by atoms with Crippen LogP contribution >= 0.6 is 0 Å². The Morgan fingerprint density at radius 2 is 1.06 bits per heavy atom. The van der Waals surface area contributed by atoms with E-state index in [4.69, 9.17) is 0 Å². The van der Waals surface area contributed by atoms with Crippen molar-refractivity contribution in [1.82, 2.24) is 0 Å². The molecule has 0 nitrogen and oxygen atoms in total. The molecule has 8 atom stereocenters. The van der Waals surface area contributed by atoms with Gasteiger partial charge in [0.15, 0.2) is 0 Å². The number of rotatable bonds is 0. The van der Waals surface area contributed by atoms with Gasteiger partial charge in [-0.2, -0.15) is 0 Å². The summed E-state index contributed by atoms with van der Waals surface area (Å²) in [5.74, 6) is 0. The van der Waals surface area contributed by atoms with Crippen LogP contribution in [0.25, 0.3) is 0 Å². The summed E-state index contributed by atoms with van der Waals surface area (Å²) in [5.41, 5.74) is 0. The van der Waals surface area contributed by atoms with E-state index in [1.165, 1.54) is 19.3 Å². The van der Waals surface area contributed by atoms with E-state index in [-0.39, 0.29) is 0 Å². The predicted octanol–water partition coefficient (Wildman–Crippen LogP) is 5.72. The molecule has 10 fully saturated rings. The van der Waals surface area contributed by atoms with E-state index in [0.29, 0.717) is 0 Å². The minimum absolute atomic E-state index is 0.956. The number of hydrogen-bond acceptors (Lipinski definition) is 0. The third-order valence-corrected chi connectivity index (χ3v) is 72.3. The number of fused-ring (bicyclic) bond motifs is 10. The van der Waals surface area contributed by atoms with Crippen molar-refractivity contribution >= 4 is 0 Å². The van der Waals surface area contributed by atoms with Crippen LogP contribution in [0.5, 0.6) is 0 Å². The third kappa shape index (κ3) is 0.0439. The van der Waals surface area contributed by atoms with Gasteiger partial charge >= 0.3 is 93.2 Å². The summed E-state index contributed by atoms with van der Waals surface area (Å²) in [6, 6.07) is 0. The van der Waals surface area contributed by atoms with E-state index < -0.39 is 6.51 Å². The van der Waals surface area contributed by atoms with Gasteiger partial charge in [-0.05, 0) is 0 Å². The van der Waals surface area contributed by atoms with Crippen molar-refractivity contribution in [3.63, 3.8) is 0 Å². The van der Waals surface area contributed by atoms with Crippen LogP contribution in [0, 0.1) is 0 Å². The van der Waals surface area contributed by atoms with Crippen LogP contribution in [-0.4, -0.2) is 0 Å². The molecule has 10 saturated heterocycles. The van der Waals surface area contributed by atoms with Crippen molar-refractivity contribution in [1.29, 1.82) is 0 Å². The monoisotopic (exact) mass is 270 g/mol. The van der Waals surface area contributed by atoms with Crippen molar-refractivity contribution in [2.24, 2.45) is 0 Å². The molecule has 0 N–H and O–H groups in total. The Hall–Kier alpha value is 0.519. The molecule has 94 valence electrons. The van der Waals surface area contributed by atoms with E-state index in [0.717, 1.165) is 25.9 Å². The quantitative estimate of drug-likeness (QED) is 0.494. The summed E-state index contributed by atoms with van der Waals surface area (Å²) in [6.07, 6.45) is 0. The van der Waals surface area contributed by atoms with Crippen molar-refractivity contribution < 1.29 is 6.51 Å². The Kier molecular flexibility index (Phi) is 0.182. The van der Waals surface area contributed by atoms with Crippen LogP contribution in [-0.2, 0) is 6.51 Å².